The summed E-state index contributed by atoms with van der Waals surface area (Å²) in [6, 6.07) is 10.8. The highest BCUT2D eigenvalue weighted by Gasteiger charge is 2.13. The summed E-state index contributed by atoms with van der Waals surface area (Å²) >= 11 is 1.92. The summed E-state index contributed by atoms with van der Waals surface area (Å²) in [6.45, 7) is 0. The van der Waals surface area contributed by atoms with E-state index in [0.29, 0.717) is 9.26 Å². The third kappa shape index (κ3) is 2.23. The Morgan fingerprint density at radius 2 is 1.82 bits per heavy atom. The van der Waals surface area contributed by atoms with Crippen LogP contribution >= 0.6 is 22.6 Å². The van der Waals surface area contributed by atoms with E-state index in [4.69, 9.17) is 5.73 Å². The Labute approximate surface area is 111 Å². The molecule has 1 aromatic carbocycles. The predicted molar refractivity (Wildman–Crippen MR) is 73.3 cm³/mol. The number of carbonyl (C=O) groups excluding carboxylic acids is 1. The average Bonchev–Trinajstić information content (AvgIpc) is 2.30. The monoisotopic (exact) mass is 340 g/mol. The molecule has 0 spiro atoms. The van der Waals surface area contributed by atoms with Crippen molar-refractivity contribution >= 4 is 28.5 Å². The van der Waals surface area contributed by atoms with Crippen LogP contribution in [0.15, 0.2) is 47.4 Å². The van der Waals surface area contributed by atoms with Gasteiger partial charge in [0.1, 0.15) is 5.56 Å². The van der Waals surface area contributed by atoms with Crippen molar-refractivity contribution in [1.82, 2.24) is 4.57 Å². The van der Waals surface area contributed by atoms with Crippen molar-refractivity contribution in [3.05, 3.63) is 62.1 Å². The Hall–Kier alpha value is -1.63. The standard InChI is InChI=1S/C12H9IN2O2/c13-9-6-7-15(8-4-2-1-3-5-8)12(17)10(9)11(14)16/h1-7H,(H2,14,16). The van der Waals surface area contributed by atoms with Crippen LogP contribution in [0.25, 0.3) is 5.69 Å². The van der Waals surface area contributed by atoms with Gasteiger partial charge < -0.3 is 5.73 Å². The van der Waals surface area contributed by atoms with Crippen LogP contribution in [0.4, 0.5) is 0 Å². The van der Waals surface area contributed by atoms with Crippen molar-refractivity contribution < 1.29 is 4.79 Å². The van der Waals surface area contributed by atoms with E-state index in [1.165, 1.54) is 4.57 Å². The number of nitrogens with two attached hydrogens (primary N) is 1. The number of para-hydroxylation sites is 1. The molecule has 0 aliphatic carbocycles. The second-order valence-corrected chi connectivity index (χ2v) is 4.58. The zero-order valence-corrected chi connectivity index (χ0v) is 10.9. The van der Waals surface area contributed by atoms with Crippen LogP contribution < -0.4 is 11.3 Å². The minimum absolute atomic E-state index is 0.0250. The maximum atomic E-state index is 12.1. The lowest BCUT2D eigenvalue weighted by Crippen LogP contribution is -2.29. The van der Waals surface area contributed by atoms with Crippen molar-refractivity contribution in [1.29, 1.82) is 0 Å². The zero-order valence-electron chi connectivity index (χ0n) is 8.76. The number of pyridine rings is 1. The minimum Gasteiger partial charge on any atom is -0.365 e. The van der Waals surface area contributed by atoms with Gasteiger partial charge >= 0.3 is 0 Å². The number of hydrogen-bond donors (Lipinski definition) is 1. The third-order valence-corrected chi connectivity index (χ3v) is 3.22. The van der Waals surface area contributed by atoms with Gasteiger partial charge in [-0.25, -0.2) is 0 Å². The molecule has 86 valence electrons. The van der Waals surface area contributed by atoms with Gasteiger partial charge in [0.05, 0.1) is 0 Å². The molecule has 2 N–H and O–H groups in total. The van der Waals surface area contributed by atoms with Crippen LogP contribution in [-0.4, -0.2) is 10.5 Å². The molecule has 2 rings (SSSR count). The van der Waals surface area contributed by atoms with Crippen LogP contribution in [0.2, 0.25) is 0 Å². The molecule has 0 saturated carbocycles. The molecule has 0 unspecified atom stereocenters. The van der Waals surface area contributed by atoms with E-state index in [9.17, 15) is 9.59 Å². The first-order valence-electron chi connectivity index (χ1n) is 4.87. The SMILES string of the molecule is NC(=O)c1c(I)ccn(-c2ccccc2)c1=O. The van der Waals surface area contributed by atoms with Crippen LogP contribution in [0, 0.1) is 3.57 Å². The molecule has 17 heavy (non-hydrogen) atoms. The van der Waals surface area contributed by atoms with Gasteiger partial charge in [0.15, 0.2) is 0 Å². The third-order valence-electron chi connectivity index (χ3n) is 2.32. The van der Waals surface area contributed by atoms with E-state index in [-0.39, 0.29) is 5.56 Å². The number of benzene rings is 1. The fourth-order valence-corrected chi connectivity index (χ4v) is 2.19. The average molecular weight is 340 g/mol. The molecule has 0 radical (unpaired) electrons. The Morgan fingerprint density at radius 3 is 2.41 bits per heavy atom. The summed E-state index contributed by atoms with van der Waals surface area (Å²) in [5, 5.41) is 0. The van der Waals surface area contributed by atoms with E-state index >= 15 is 0 Å². The lowest BCUT2D eigenvalue weighted by molar-refractivity contribution is 0.0997. The van der Waals surface area contributed by atoms with E-state index in [2.05, 4.69) is 0 Å². The van der Waals surface area contributed by atoms with E-state index in [0.717, 1.165) is 0 Å². The normalized spacial score (nSPS) is 10.2. The summed E-state index contributed by atoms with van der Waals surface area (Å²) < 4.78 is 1.97. The number of amides is 1. The number of primary amides is 1. The van der Waals surface area contributed by atoms with Crippen molar-refractivity contribution in [2.75, 3.05) is 0 Å². The number of hydrogen-bond acceptors (Lipinski definition) is 2. The molecule has 0 saturated heterocycles. The van der Waals surface area contributed by atoms with Gasteiger partial charge in [-0.2, -0.15) is 0 Å². The summed E-state index contributed by atoms with van der Waals surface area (Å²) in [5.41, 5.74) is 5.54. The van der Waals surface area contributed by atoms with E-state index in [1.54, 1.807) is 24.4 Å². The number of halogens is 1. The lowest BCUT2D eigenvalue weighted by atomic mass is 10.2. The van der Waals surface area contributed by atoms with Crippen molar-refractivity contribution in [3.8, 4) is 5.69 Å². The second-order valence-electron chi connectivity index (χ2n) is 3.41. The van der Waals surface area contributed by atoms with Crippen molar-refractivity contribution in [3.63, 3.8) is 0 Å². The topological polar surface area (TPSA) is 65.1 Å². The Balaban J connectivity index is 2.71. The summed E-state index contributed by atoms with van der Waals surface area (Å²) in [4.78, 5) is 23.3. The molecule has 0 atom stereocenters. The Bertz CT molecular complexity index is 620. The zero-order chi connectivity index (χ0) is 12.4. The van der Waals surface area contributed by atoms with Gasteiger partial charge in [0, 0.05) is 15.5 Å². The van der Waals surface area contributed by atoms with E-state index < -0.39 is 11.5 Å². The molecular weight excluding hydrogens is 331 g/mol. The number of nitrogens with zero attached hydrogens (tertiary/aromatic N) is 1. The van der Waals surface area contributed by atoms with Gasteiger partial charge in [-0.15, -0.1) is 0 Å². The molecule has 2 aromatic rings. The molecule has 1 amide bonds. The van der Waals surface area contributed by atoms with Gasteiger partial charge in [-0.05, 0) is 40.8 Å². The quantitative estimate of drug-likeness (QED) is 0.843. The maximum Gasteiger partial charge on any atom is 0.269 e. The molecule has 4 nitrogen and oxygen atoms in total. The first kappa shape index (κ1) is 11.8. The summed E-state index contributed by atoms with van der Waals surface area (Å²) in [6.07, 6.45) is 1.63. The first-order chi connectivity index (χ1) is 8.11. The van der Waals surface area contributed by atoms with Crippen LogP contribution in [0.5, 0.6) is 0 Å². The first-order valence-corrected chi connectivity index (χ1v) is 5.95. The predicted octanol–water partition coefficient (Wildman–Crippen LogP) is 1.54. The Kier molecular flexibility index (Phi) is 3.28. The van der Waals surface area contributed by atoms with Crippen molar-refractivity contribution in [2.24, 2.45) is 5.73 Å². The summed E-state index contributed by atoms with van der Waals surface area (Å²) in [7, 11) is 0. The second kappa shape index (κ2) is 4.70. The minimum atomic E-state index is -0.704. The molecule has 0 aliphatic rings. The van der Waals surface area contributed by atoms with Gasteiger partial charge in [0.25, 0.3) is 11.5 Å². The largest absolute Gasteiger partial charge is 0.365 e. The fourth-order valence-electron chi connectivity index (χ4n) is 1.53. The summed E-state index contributed by atoms with van der Waals surface area (Å²) in [5.74, 6) is -0.704. The highest BCUT2D eigenvalue weighted by Crippen LogP contribution is 2.10. The van der Waals surface area contributed by atoms with E-state index in [1.807, 2.05) is 40.8 Å². The molecular formula is C12H9IN2O2. The molecule has 0 fully saturated rings. The molecule has 5 heteroatoms. The number of carbonyl (C=O) groups is 1. The molecule has 1 aromatic heterocycles. The molecule has 1 heterocycles. The molecule has 0 bridgehead atoms. The van der Waals surface area contributed by atoms with Crippen LogP contribution in [-0.2, 0) is 0 Å². The van der Waals surface area contributed by atoms with Gasteiger partial charge in [-0.1, -0.05) is 18.2 Å². The van der Waals surface area contributed by atoms with Crippen molar-refractivity contribution in [2.45, 2.75) is 0 Å². The van der Waals surface area contributed by atoms with Gasteiger partial charge in [-0.3, -0.25) is 14.2 Å². The highest BCUT2D eigenvalue weighted by atomic mass is 127. The van der Waals surface area contributed by atoms with Crippen LogP contribution in [0.3, 0.4) is 0 Å². The van der Waals surface area contributed by atoms with Gasteiger partial charge in [0.2, 0.25) is 0 Å². The maximum absolute atomic E-state index is 12.1. The Morgan fingerprint density at radius 1 is 1.18 bits per heavy atom. The highest BCUT2D eigenvalue weighted by molar-refractivity contribution is 14.1. The smallest absolute Gasteiger partial charge is 0.269 e. The lowest BCUT2D eigenvalue weighted by Gasteiger charge is -2.07. The fraction of sp³-hybridized carbons (Fsp3) is 0. The molecule has 0 aliphatic heterocycles. The van der Waals surface area contributed by atoms with Crippen LogP contribution in [0.1, 0.15) is 10.4 Å². The number of rotatable bonds is 2. The number of aromatic nitrogens is 1.